The summed E-state index contributed by atoms with van der Waals surface area (Å²) in [5.74, 6) is 0. The lowest BCUT2D eigenvalue weighted by atomic mass is 10.1. The Hall–Kier alpha value is -2.07. The van der Waals surface area contributed by atoms with Crippen LogP contribution in [0.1, 0.15) is 39.5 Å². The molecule has 2 N–H and O–H groups in total. The predicted octanol–water partition coefficient (Wildman–Crippen LogP) is 4.86. The lowest BCUT2D eigenvalue weighted by Gasteiger charge is -2.22. The maximum absolute atomic E-state index is 12.2. The number of hydrogen-bond acceptors (Lipinski definition) is 2. The fourth-order valence-electron chi connectivity index (χ4n) is 2.93. The minimum atomic E-state index is -0.137. The molecule has 0 saturated carbocycles. The third-order valence-corrected chi connectivity index (χ3v) is 4.41. The van der Waals surface area contributed by atoms with Crippen molar-refractivity contribution in [2.24, 2.45) is 0 Å². The van der Waals surface area contributed by atoms with Gasteiger partial charge in [0, 0.05) is 18.5 Å². The molecular formula is C21H31N3O. The van der Waals surface area contributed by atoms with E-state index in [-0.39, 0.29) is 6.03 Å². The molecule has 0 heterocycles. The monoisotopic (exact) mass is 341 g/mol. The Bertz CT molecular complexity index is 643. The van der Waals surface area contributed by atoms with Crippen molar-refractivity contribution in [3.8, 4) is 0 Å². The molecule has 25 heavy (non-hydrogen) atoms. The Kier molecular flexibility index (Phi) is 8.26. The van der Waals surface area contributed by atoms with Crippen LogP contribution in [0, 0.1) is 0 Å². The number of carbonyl (C=O) groups excluding carboxylic acids is 1. The van der Waals surface area contributed by atoms with E-state index >= 15 is 0 Å². The molecule has 0 aliphatic carbocycles. The summed E-state index contributed by atoms with van der Waals surface area (Å²) in [5, 5.41) is 8.16. The minimum absolute atomic E-state index is 0.137. The molecule has 0 atom stereocenters. The van der Waals surface area contributed by atoms with Gasteiger partial charge in [-0.25, -0.2) is 4.79 Å². The molecule has 136 valence electrons. The number of amides is 2. The first-order valence-electron chi connectivity index (χ1n) is 9.49. The molecule has 2 aromatic carbocycles. The van der Waals surface area contributed by atoms with E-state index in [1.165, 1.54) is 25.7 Å². The molecule has 2 rings (SSSR count). The van der Waals surface area contributed by atoms with Gasteiger partial charge in [-0.2, -0.15) is 0 Å². The average molecular weight is 341 g/mol. The summed E-state index contributed by atoms with van der Waals surface area (Å²) in [6.07, 6.45) is 4.84. The number of rotatable bonds is 10. The summed E-state index contributed by atoms with van der Waals surface area (Å²) in [4.78, 5) is 14.7. The van der Waals surface area contributed by atoms with E-state index in [4.69, 9.17) is 0 Å². The predicted molar refractivity (Wildman–Crippen MR) is 107 cm³/mol. The number of unbranched alkanes of at least 4 members (excludes halogenated alkanes) is 2. The highest BCUT2D eigenvalue weighted by atomic mass is 16.2. The highest BCUT2D eigenvalue weighted by Gasteiger charge is 2.07. The van der Waals surface area contributed by atoms with Crippen LogP contribution in [0.4, 0.5) is 10.5 Å². The van der Waals surface area contributed by atoms with Crippen LogP contribution in [0.5, 0.6) is 0 Å². The van der Waals surface area contributed by atoms with Gasteiger partial charge in [-0.1, -0.05) is 63.1 Å². The van der Waals surface area contributed by atoms with Gasteiger partial charge in [-0.3, -0.25) is 0 Å². The third kappa shape index (κ3) is 6.39. The second kappa shape index (κ2) is 10.7. The average Bonchev–Trinajstić information content (AvgIpc) is 2.64. The summed E-state index contributed by atoms with van der Waals surface area (Å²) < 4.78 is 0. The zero-order valence-electron chi connectivity index (χ0n) is 15.6. The largest absolute Gasteiger partial charge is 0.337 e. The second-order valence-electron chi connectivity index (χ2n) is 6.46. The summed E-state index contributed by atoms with van der Waals surface area (Å²) in [7, 11) is 0. The zero-order chi connectivity index (χ0) is 17.9. The molecule has 0 bridgehead atoms. The molecule has 0 aliphatic rings. The molecule has 4 heteroatoms. The van der Waals surface area contributed by atoms with E-state index in [1.807, 2.05) is 30.3 Å². The third-order valence-electron chi connectivity index (χ3n) is 4.41. The fourth-order valence-corrected chi connectivity index (χ4v) is 2.93. The fraction of sp³-hybridized carbons (Fsp3) is 0.476. The molecular weight excluding hydrogens is 310 g/mol. The topological polar surface area (TPSA) is 44.4 Å². The first-order valence-corrected chi connectivity index (χ1v) is 9.49. The molecule has 0 aliphatic heterocycles. The van der Waals surface area contributed by atoms with Gasteiger partial charge in [0.1, 0.15) is 0 Å². The van der Waals surface area contributed by atoms with Gasteiger partial charge in [0.15, 0.2) is 0 Å². The van der Waals surface area contributed by atoms with Gasteiger partial charge in [0.05, 0.1) is 5.69 Å². The van der Waals surface area contributed by atoms with E-state index < -0.39 is 0 Å². The van der Waals surface area contributed by atoms with Crippen LogP contribution in [-0.4, -0.2) is 37.1 Å². The van der Waals surface area contributed by atoms with Gasteiger partial charge >= 0.3 is 6.03 Å². The van der Waals surface area contributed by atoms with Crippen LogP contribution < -0.4 is 10.6 Å². The Morgan fingerprint density at radius 2 is 1.60 bits per heavy atom. The van der Waals surface area contributed by atoms with Gasteiger partial charge in [-0.15, -0.1) is 0 Å². The molecule has 0 spiro atoms. The lowest BCUT2D eigenvalue weighted by Crippen LogP contribution is -2.37. The normalized spacial score (nSPS) is 11.0. The van der Waals surface area contributed by atoms with Gasteiger partial charge in [-0.05, 0) is 37.4 Å². The number of carbonyl (C=O) groups is 1. The van der Waals surface area contributed by atoms with Crippen LogP contribution >= 0.6 is 0 Å². The van der Waals surface area contributed by atoms with Crippen molar-refractivity contribution in [1.29, 1.82) is 0 Å². The summed E-state index contributed by atoms with van der Waals surface area (Å²) in [5.41, 5.74) is 0.851. The molecule has 0 saturated heterocycles. The SMILES string of the molecule is CCCCN(CCCC)CCNC(=O)Nc1cccc2ccccc12. The van der Waals surface area contributed by atoms with Crippen molar-refractivity contribution in [3.05, 3.63) is 42.5 Å². The molecule has 0 fully saturated rings. The number of benzene rings is 2. The zero-order valence-corrected chi connectivity index (χ0v) is 15.6. The van der Waals surface area contributed by atoms with Crippen molar-refractivity contribution in [2.75, 3.05) is 31.5 Å². The number of anilines is 1. The summed E-state index contributed by atoms with van der Waals surface area (Å²) in [6, 6.07) is 13.9. The second-order valence-corrected chi connectivity index (χ2v) is 6.46. The van der Waals surface area contributed by atoms with Crippen LogP contribution in [0.2, 0.25) is 0 Å². The smallest absolute Gasteiger partial charge is 0.319 e. The van der Waals surface area contributed by atoms with Crippen molar-refractivity contribution in [2.45, 2.75) is 39.5 Å². The van der Waals surface area contributed by atoms with Crippen LogP contribution in [-0.2, 0) is 0 Å². The molecule has 4 nitrogen and oxygen atoms in total. The maximum atomic E-state index is 12.2. The molecule has 0 radical (unpaired) electrons. The minimum Gasteiger partial charge on any atom is -0.337 e. The van der Waals surface area contributed by atoms with Crippen molar-refractivity contribution in [3.63, 3.8) is 0 Å². The first kappa shape index (κ1) is 19.3. The number of fused-ring (bicyclic) bond motifs is 1. The quantitative estimate of drug-likeness (QED) is 0.648. The molecule has 2 aromatic rings. The number of hydrogen-bond donors (Lipinski definition) is 2. The van der Waals surface area contributed by atoms with Crippen molar-refractivity contribution in [1.82, 2.24) is 10.2 Å². The number of nitrogens with one attached hydrogen (secondary N) is 2. The molecule has 0 aromatic heterocycles. The van der Waals surface area contributed by atoms with E-state index in [2.05, 4.69) is 41.5 Å². The molecule has 2 amide bonds. The standard InChI is InChI=1S/C21H31N3O/c1-3-5-15-24(16-6-4-2)17-14-22-21(25)23-20-13-9-11-18-10-7-8-12-19(18)20/h7-13H,3-6,14-17H2,1-2H3,(H2,22,23,25). The summed E-state index contributed by atoms with van der Waals surface area (Å²) >= 11 is 0. The highest BCUT2D eigenvalue weighted by Crippen LogP contribution is 2.22. The van der Waals surface area contributed by atoms with Gasteiger partial charge < -0.3 is 15.5 Å². The lowest BCUT2D eigenvalue weighted by molar-refractivity contribution is 0.243. The Labute approximate surface area is 151 Å². The van der Waals surface area contributed by atoms with E-state index in [0.717, 1.165) is 36.1 Å². The maximum Gasteiger partial charge on any atom is 0.319 e. The Morgan fingerprint density at radius 1 is 0.920 bits per heavy atom. The van der Waals surface area contributed by atoms with E-state index in [0.29, 0.717) is 6.54 Å². The summed E-state index contributed by atoms with van der Waals surface area (Å²) in [6.45, 7) is 8.24. The highest BCUT2D eigenvalue weighted by molar-refractivity contribution is 6.01. The van der Waals surface area contributed by atoms with Gasteiger partial charge in [0.25, 0.3) is 0 Å². The van der Waals surface area contributed by atoms with Crippen molar-refractivity contribution < 1.29 is 4.79 Å². The van der Waals surface area contributed by atoms with E-state index in [1.54, 1.807) is 0 Å². The number of urea groups is 1. The molecule has 0 unspecified atom stereocenters. The van der Waals surface area contributed by atoms with E-state index in [9.17, 15) is 4.79 Å². The van der Waals surface area contributed by atoms with Crippen LogP contribution in [0.15, 0.2) is 42.5 Å². The van der Waals surface area contributed by atoms with Crippen molar-refractivity contribution >= 4 is 22.5 Å². The van der Waals surface area contributed by atoms with Crippen LogP contribution in [0.3, 0.4) is 0 Å². The Balaban J connectivity index is 1.83. The Morgan fingerprint density at radius 3 is 2.32 bits per heavy atom. The first-order chi connectivity index (χ1) is 12.2. The van der Waals surface area contributed by atoms with Crippen LogP contribution in [0.25, 0.3) is 10.8 Å². The number of nitrogens with zero attached hydrogens (tertiary/aromatic N) is 1. The van der Waals surface area contributed by atoms with Gasteiger partial charge in [0.2, 0.25) is 0 Å².